The molecule has 28 heavy (non-hydrogen) atoms. The molecule has 3 rings (SSSR count). The first-order chi connectivity index (χ1) is 13.4. The van der Waals surface area contributed by atoms with Crippen molar-refractivity contribution in [3.63, 3.8) is 0 Å². The maximum atomic E-state index is 13.6. The summed E-state index contributed by atoms with van der Waals surface area (Å²) in [7, 11) is 1.52. The Labute approximate surface area is 156 Å². The third-order valence-electron chi connectivity index (χ3n) is 3.58. The molecule has 146 valence electrons. The lowest BCUT2D eigenvalue weighted by Crippen LogP contribution is -2.18. The lowest BCUT2D eigenvalue weighted by molar-refractivity contribution is -0.116. The minimum absolute atomic E-state index is 0.0139. The molecule has 3 aromatic rings. The van der Waals surface area contributed by atoms with E-state index in [9.17, 15) is 22.4 Å². The number of nitrogens with zero attached hydrogens (tertiary/aromatic N) is 3. The van der Waals surface area contributed by atoms with Gasteiger partial charge >= 0.3 is 0 Å². The third-order valence-corrected chi connectivity index (χ3v) is 3.58. The van der Waals surface area contributed by atoms with E-state index >= 15 is 0 Å². The Balaban J connectivity index is 1.66. The molecule has 2 N–H and O–H groups in total. The number of hydrogen-bond donors (Lipinski definition) is 2. The van der Waals surface area contributed by atoms with Gasteiger partial charge in [-0.1, -0.05) is 0 Å². The van der Waals surface area contributed by atoms with E-state index in [-0.39, 0.29) is 12.2 Å². The Hall–Kier alpha value is -3.63. The van der Waals surface area contributed by atoms with Gasteiger partial charge in [-0.05, 0) is 24.3 Å². The Morgan fingerprint density at radius 1 is 1.07 bits per heavy atom. The first kappa shape index (κ1) is 19.1. The zero-order valence-corrected chi connectivity index (χ0v) is 14.3. The topological polar surface area (TPSA) is 81.1 Å². The second-order valence-electron chi connectivity index (χ2n) is 5.52. The van der Waals surface area contributed by atoms with Crippen LogP contribution in [-0.2, 0) is 11.3 Å². The van der Waals surface area contributed by atoms with Crippen LogP contribution in [0.15, 0.2) is 36.7 Å². The van der Waals surface area contributed by atoms with Crippen LogP contribution in [0.1, 0.15) is 0 Å². The van der Waals surface area contributed by atoms with Crippen molar-refractivity contribution in [3.8, 4) is 5.75 Å². The van der Waals surface area contributed by atoms with Gasteiger partial charge in [0.15, 0.2) is 0 Å². The average Bonchev–Trinajstić information content (AvgIpc) is 3.11. The molecule has 1 aromatic carbocycles. The zero-order valence-electron chi connectivity index (χ0n) is 14.3. The highest BCUT2D eigenvalue weighted by atomic mass is 19.2. The van der Waals surface area contributed by atoms with Gasteiger partial charge in [0, 0.05) is 11.9 Å². The molecular weight excluding hydrogens is 382 g/mol. The molecule has 0 unspecified atom stereocenters. The average molecular weight is 395 g/mol. The summed E-state index contributed by atoms with van der Waals surface area (Å²) in [6.45, 7) is -0.211. The number of carbonyl (C=O) groups excluding carboxylic acids is 1. The molecule has 0 atom stereocenters. The fourth-order valence-electron chi connectivity index (χ4n) is 2.28. The first-order valence-electron chi connectivity index (χ1n) is 7.80. The lowest BCUT2D eigenvalue weighted by Gasteiger charge is -2.07. The summed E-state index contributed by atoms with van der Waals surface area (Å²) in [5.74, 6) is -6.71. The van der Waals surface area contributed by atoms with Crippen LogP contribution >= 0.6 is 0 Å². The number of ether oxygens (including phenoxy) is 1. The summed E-state index contributed by atoms with van der Waals surface area (Å²) in [4.78, 5) is 14.5. The molecular formula is C17H13F4N5O2. The Morgan fingerprint density at radius 3 is 2.32 bits per heavy atom. The van der Waals surface area contributed by atoms with Gasteiger partial charge < -0.3 is 15.4 Å². The van der Waals surface area contributed by atoms with E-state index in [0.717, 1.165) is 6.20 Å². The summed E-state index contributed by atoms with van der Waals surface area (Å²) in [5, 5.41) is 8.66. The van der Waals surface area contributed by atoms with Crippen molar-refractivity contribution in [2.24, 2.45) is 0 Å². The van der Waals surface area contributed by atoms with Gasteiger partial charge in [0.1, 0.15) is 18.0 Å². The Kier molecular flexibility index (Phi) is 5.43. The molecule has 0 bridgehead atoms. The van der Waals surface area contributed by atoms with E-state index in [2.05, 4.69) is 20.7 Å². The van der Waals surface area contributed by atoms with E-state index < -0.39 is 35.1 Å². The molecule has 0 aliphatic rings. The second kappa shape index (κ2) is 7.94. The number of aromatic nitrogens is 3. The SMILES string of the molecule is COc1ccc(NC(=O)Cn2cc(Nc3c(F)c(F)nc(F)c3F)cn2)cc1. The Morgan fingerprint density at radius 2 is 1.71 bits per heavy atom. The Bertz CT molecular complexity index is 981. The van der Waals surface area contributed by atoms with Crippen LogP contribution in [0.2, 0.25) is 0 Å². The second-order valence-corrected chi connectivity index (χ2v) is 5.52. The molecule has 0 spiro atoms. The normalized spacial score (nSPS) is 10.6. The van der Waals surface area contributed by atoms with Gasteiger partial charge in [-0.25, -0.2) is 0 Å². The van der Waals surface area contributed by atoms with Crippen LogP contribution in [0.25, 0.3) is 0 Å². The number of carbonyl (C=O) groups is 1. The number of methoxy groups -OCH3 is 1. The summed E-state index contributed by atoms with van der Waals surface area (Å²) in [6.07, 6.45) is 2.37. The van der Waals surface area contributed by atoms with Gasteiger partial charge in [-0.2, -0.15) is 27.6 Å². The van der Waals surface area contributed by atoms with E-state index in [0.29, 0.717) is 11.4 Å². The standard InChI is InChI=1S/C17H13F4N5O2/c1-28-11-4-2-9(3-5-11)23-12(27)8-26-7-10(6-22-26)24-15-13(18)16(20)25-17(21)14(15)19/h2-7H,8H2,1H3,(H,23,27)(H,24,25). The third kappa shape index (κ3) is 4.19. The fraction of sp³-hybridized carbons (Fsp3) is 0.118. The summed E-state index contributed by atoms with van der Waals surface area (Å²) in [6, 6.07) is 6.62. The van der Waals surface area contributed by atoms with E-state index in [1.807, 2.05) is 0 Å². The van der Waals surface area contributed by atoms with E-state index in [1.54, 1.807) is 24.3 Å². The highest BCUT2D eigenvalue weighted by Crippen LogP contribution is 2.25. The highest BCUT2D eigenvalue weighted by molar-refractivity contribution is 5.90. The number of pyridine rings is 1. The summed E-state index contributed by atoms with van der Waals surface area (Å²) >= 11 is 0. The monoisotopic (exact) mass is 395 g/mol. The number of amides is 1. The van der Waals surface area contributed by atoms with Crippen LogP contribution in [0.3, 0.4) is 0 Å². The molecule has 0 aliphatic carbocycles. The number of benzene rings is 1. The molecule has 0 saturated carbocycles. The van der Waals surface area contributed by atoms with Crippen LogP contribution in [0, 0.1) is 23.5 Å². The van der Waals surface area contributed by atoms with E-state index in [1.165, 1.54) is 18.0 Å². The number of nitrogens with one attached hydrogen (secondary N) is 2. The zero-order chi connectivity index (χ0) is 20.3. The smallest absolute Gasteiger partial charge is 0.253 e. The minimum atomic E-state index is -1.78. The van der Waals surface area contributed by atoms with Crippen molar-refractivity contribution in [3.05, 3.63) is 60.2 Å². The van der Waals surface area contributed by atoms with Crippen molar-refractivity contribution in [1.82, 2.24) is 14.8 Å². The van der Waals surface area contributed by atoms with Crippen molar-refractivity contribution in [2.45, 2.75) is 6.54 Å². The molecule has 1 amide bonds. The van der Waals surface area contributed by atoms with Crippen molar-refractivity contribution in [2.75, 3.05) is 17.7 Å². The first-order valence-corrected chi connectivity index (χ1v) is 7.80. The molecule has 0 aliphatic heterocycles. The molecule has 11 heteroatoms. The van der Waals surface area contributed by atoms with Crippen LogP contribution < -0.4 is 15.4 Å². The number of hydrogen-bond acceptors (Lipinski definition) is 5. The van der Waals surface area contributed by atoms with Gasteiger partial charge in [0.2, 0.25) is 17.5 Å². The molecule has 0 fully saturated rings. The maximum absolute atomic E-state index is 13.6. The van der Waals surface area contributed by atoms with Gasteiger partial charge in [-0.3, -0.25) is 9.48 Å². The highest BCUT2D eigenvalue weighted by Gasteiger charge is 2.21. The van der Waals surface area contributed by atoms with Gasteiger partial charge in [0.25, 0.3) is 11.9 Å². The number of halogens is 4. The van der Waals surface area contributed by atoms with Gasteiger partial charge in [-0.15, -0.1) is 0 Å². The molecule has 0 radical (unpaired) electrons. The van der Waals surface area contributed by atoms with Gasteiger partial charge in [0.05, 0.1) is 19.0 Å². The predicted molar refractivity (Wildman–Crippen MR) is 91.2 cm³/mol. The maximum Gasteiger partial charge on any atom is 0.253 e. The quantitative estimate of drug-likeness (QED) is 0.495. The van der Waals surface area contributed by atoms with Crippen LogP contribution in [0.5, 0.6) is 5.75 Å². The summed E-state index contributed by atoms with van der Waals surface area (Å²) < 4.78 is 59.7. The molecule has 2 aromatic heterocycles. The summed E-state index contributed by atoms with van der Waals surface area (Å²) in [5.41, 5.74) is -0.504. The fourth-order valence-corrected chi connectivity index (χ4v) is 2.28. The van der Waals surface area contributed by atoms with Crippen LogP contribution in [-0.4, -0.2) is 27.8 Å². The van der Waals surface area contributed by atoms with E-state index in [4.69, 9.17) is 4.74 Å². The number of anilines is 3. The van der Waals surface area contributed by atoms with Crippen molar-refractivity contribution < 1.29 is 27.1 Å². The van der Waals surface area contributed by atoms with Crippen molar-refractivity contribution in [1.29, 1.82) is 0 Å². The molecule has 7 nitrogen and oxygen atoms in total. The minimum Gasteiger partial charge on any atom is -0.497 e. The lowest BCUT2D eigenvalue weighted by atomic mass is 10.3. The predicted octanol–water partition coefficient (Wildman–Crippen LogP) is 3.23. The molecule has 0 saturated heterocycles. The largest absolute Gasteiger partial charge is 0.497 e. The number of rotatable bonds is 6. The van der Waals surface area contributed by atoms with Crippen LogP contribution in [0.4, 0.5) is 34.6 Å². The molecule has 2 heterocycles. The van der Waals surface area contributed by atoms with Crippen molar-refractivity contribution >= 4 is 23.0 Å².